The van der Waals surface area contributed by atoms with Gasteiger partial charge in [0.25, 0.3) is 0 Å². The molecule has 0 saturated heterocycles. The summed E-state index contributed by atoms with van der Waals surface area (Å²) in [6, 6.07) is 75.4. The Balaban J connectivity index is 0.957. The van der Waals surface area contributed by atoms with Crippen LogP contribution >= 0.6 is 0 Å². The fourth-order valence-corrected chi connectivity index (χ4v) is 11.5. The molecule has 2 unspecified atom stereocenters. The number of ether oxygens (including phenoxy) is 1. The lowest BCUT2D eigenvalue weighted by Gasteiger charge is -2.33. The van der Waals surface area contributed by atoms with Crippen molar-refractivity contribution in [3.8, 4) is 22.6 Å². The van der Waals surface area contributed by atoms with Crippen LogP contribution in [0.2, 0.25) is 0 Å². The van der Waals surface area contributed by atoms with E-state index in [2.05, 4.69) is 251 Å². The van der Waals surface area contributed by atoms with E-state index in [0.717, 1.165) is 46.9 Å². The van der Waals surface area contributed by atoms with Crippen LogP contribution < -0.4 is 9.64 Å². The molecule has 322 valence electrons. The van der Waals surface area contributed by atoms with Gasteiger partial charge in [-0.25, -0.2) is 0 Å². The van der Waals surface area contributed by atoms with Gasteiger partial charge in [0, 0.05) is 55.5 Å². The van der Waals surface area contributed by atoms with Crippen molar-refractivity contribution in [3.63, 3.8) is 0 Å². The van der Waals surface area contributed by atoms with E-state index < -0.39 is 0 Å². The molecule has 0 fully saturated rings. The van der Waals surface area contributed by atoms with Crippen molar-refractivity contribution in [1.82, 2.24) is 9.13 Å². The maximum atomic E-state index is 6.63. The highest BCUT2D eigenvalue weighted by Gasteiger charge is 2.35. The highest BCUT2D eigenvalue weighted by atomic mass is 16.5. The molecule has 4 nitrogen and oxygen atoms in total. The minimum atomic E-state index is -0.0438. The maximum Gasteiger partial charge on any atom is 0.128 e. The SMILES string of the molecule is C1=CC(N(c2ccc(-c3ccccc3-n3c4ccccc4c4ccccc43)cc2)c2ccccc2C2=CC3c4cc5ccccc5cc4OC3C=C2)=C(n2c3ccccc3c3ccccc32)CC1. The topological polar surface area (TPSA) is 22.3 Å². The minimum Gasteiger partial charge on any atom is -0.485 e. The maximum absolute atomic E-state index is 6.63. The first-order valence-corrected chi connectivity index (χ1v) is 23.8. The van der Waals surface area contributed by atoms with Crippen LogP contribution in [0.3, 0.4) is 0 Å². The molecule has 0 saturated carbocycles. The summed E-state index contributed by atoms with van der Waals surface area (Å²) >= 11 is 0. The van der Waals surface area contributed by atoms with Crippen molar-refractivity contribution < 1.29 is 4.74 Å². The van der Waals surface area contributed by atoms with Gasteiger partial charge in [0.05, 0.1) is 39.1 Å². The zero-order valence-electron chi connectivity index (χ0n) is 37.3. The van der Waals surface area contributed by atoms with Crippen molar-refractivity contribution >= 4 is 77.0 Å². The molecule has 0 N–H and O–H groups in total. The average Bonchev–Trinajstić information content (AvgIpc) is 4.06. The van der Waals surface area contributed by atoms with E-state index in [1.807, 2.05) is 0 Å². The number of hydrogen-bond acceptors (Lipinski definition) is 2. The summed E-state index contributed by atoms with van der Waals surface area (Å²) in [5.74, 6) is 1.08. The molecular weight excluding hydrogens is 827 g/mol. The average molecular weight is 872 g/mol. The Morgan fingerprint density at radius 2 is 1.06 bits per heavy atom. The smallest absolute Gasteiger partial charge is 0.128 e. The summed E-state index contributed by atoms with van der Waals surface area (Å²) in [7, 11) is 0. The number of hydrogen-bond donors (Lipinski definition) is 0. The number of anilines is 2. The summed E-state index contributed by atoms with van der Waals surface area (Å²) in [6.45, 7) is 0. The van der Waals surface area contributed by atoms with Gasteiger partial charge in [0.2, 0.25) is 0 Å². The Labute approximate surface area is 394 Å². The molecule has 2 aromatic heterocycles. The molecule has 0 bridgehead atoms. The number of aromatic nitrogens is 2. The third kappa shape index (κ3) is 6.00. The molecule has 2 atom stereocenters. The number of para-hydroxylation sites is 6. The van der Waals surface area contributed by atoms with Crippen LogP contribution in [0.25, 0.3) is 82.5 Å². The second-order valence-corrected chi connectivity index (χ2v) is 18.3. The Bertz CT molecular complexity index is 3860. The molecule has 3 heterocycles. The first kappa shape index (κ1) is 38.6. The number of rotatable bonds is 7. The van der Waals surface area contributed by atoms with Gasteiger partial charge in [-0.1, -0.05) is 164 Å². The molecule has 4 heteroatoms. The van der Waals surface area contributed by atoms with Gasteiger partial charge in [0.1, 0.15) is 11.9 Å². The van der Waals surface area contributed by atoms with E-state index in [9.17, 15) is 0 Å². The monoisotopic (exact) mass is 871 g/mol. The molecule has 9 aromatic carbocycles. The third-order valence-corrected chi connectivity index (χ3v) is 14.5. The Morgan fingerprint density at radius 3 is 1.74 bits per heavy atom. The minimum absolute atomic E-state index is 0.0438. The van der Waals surface area contributed by atoms with Gasteiger partial charge in [-0.2, -0.15) is 0 Å². The molecule has 0 spiro atoms. The number of nitrogens with zero attached hydrogens (tertiary/aromatic N) is 3. The number of fused-ring (bicyclic) bond motifs is 10. The largest absolute Gasteiger partial charge is 0.485 e. The van der Waals surface area contributed by atoms with E-state index in [-0.39, 0.29) is 12.0 Å². The molecule has 0 amide bonds. The zero-order valence-corrected chi connectivity index (χ0v) is 37.3. The van der Waals surface area contributed by atoms with Crippen molar-refractivity contribution in [1.29, 1.82) is 0 Å². The van der Waals surface area contributed by atoms with Gasteiger partial charge in [0.15, 0.2) is 0 Å². The predicted octanol–water partition coefficient (Wildman–Crippen LogP) is 16.6. The van der Waals surface area contributed by atoms with Crippen LogP contribution in [-0.2, 0) is 0 Å². The molecule has 3 aliphatic rings. The molecule has 11 aromatic rings. The van der Waals surface area contributed by atoms with Gasteiger partial charge >= 0.3 is 0 Å². The fourth-order valence-electron chi connectivity index (χ4n) is 11.5. The predicted molar refractivity (Wildman–Crippen MR) is 284 cm³/mol. The standard InChI is InChI=1S/C64H45N3O/c1-2-18-44-41-64-54(39-43(44)17-1)53-40-45(35-38-63(53)68-64)48-20-4-9-25-55(48)65(61-31-15-16-32-62(61)67-59-29-13-7-23-51(59)52-24-8-14-30-60(52)67)46-36-33-42(34-37-46)47-19-3-10-26-56(47)66-57-27-11-5-21-49(57)50-22-6-12-28-58(50)66/h1-15,17-31,33-41,53,63H,16,32H2. The zero-order chi connectivity index (χ0) is 44.7. The first-order chi connectivity index (χ1) is 33.7. The Morgan fingerprint density at radius 1 is 0.500 bits per heavy atom. The third-order valence-electron chi connectivity index (χ3n) is 14.5. The lowest BCUT2D eigenvalue weighted by atomic mass is 9.85. The highest BCUT2D eigenvalue weighted by Crippen LogP contribution is 2.48. The Hall–Kier alpha value is -8.60. The van der Waals surface area contributed by atoms with E-state index in [1.165, 1.54) is 82.3 Å². The molecule has 68 heavy (non-hydrogen) atoms. The van der Waals surface area contributed by atoms with Crippen LogP contribution in [-0.4, -0.2) is 15.2 Å². The van der Waals surface area contributed by atoms with Crippen LogP contribution in [0.4, 0.5) is 11.4 Å². The van der Waals surface area contributed by atoms with E-state index in [1.54, 1.807) is 0 Å². The quantitative estimate of drug-likeness (QED) is 0.159. The molecule has 0 radical (unpaired) electrons. The first-order valence-electron chi connectivity index (χ1n) is 23.8. The van der Waals surface area contributed by atoms with Crippen molar-refractivity contribution in [3.05, 3.63) is 253 Å². The normalized spacial score (nSPS) is 16.4. The van der Waals surface area contributed by atoms with Crippen molar-refractivity contribution in [2.75, 3.05) is 4.90 Å². The molecule has 14 rings (SSSR count). The van der Waals surface area contributed by atoms with Gasteiger partial charge in [-0.15, -0.1) is 0 Å². The van der Waals surface area contributed by atoms with E-state index in [0.29, 0.717) is 0 Å². The summed E-state index contributed by atoms with van der Waals surface area (Å²) in [5.41, 5.74) is 16.6. The lowest BCUT2D eigenvalue weighted by molar-refractivity contribution is 0.269. The van der Waals surface area contributed by atoms with Crippen molar-refractivity contribution in [2.45, 2.75) is 24.9 Å². The lowest BCUT2D eigenvalue weighted by Crippen LogP contribution is -2.22. The van der Waals surface area contributed by atoms with Crippen LogP contribution in [0, 0.1) is 0 Å². The van der Waals surface area contributed by atoms with E-state index in [4.69, 9.17) is 4.74 Å². The Kier molecular flexibility index (Phi) is 8.81. The van der Waals surface area contributed by atoms with Gasteiger partial charge in [-0.05, 0) is 108 Å². The summed E-state index contributed by atoms with van der Waals surface area (Å²) < 4.78 is 11.6. The molecule has 1 aliphatic heterocycles. The summed E-state index contributed by atoms with van der Waals surface area (Å²) in [6.07, 6.45) is 13.5. The molecule has 2 aliphatic carbocycles. The fraction of sp³-hybridized carbons (Fsp3) is 0.0625. The van der Waals surface area contributed by atoms with Crippen LogP contribution in [0.15, 0.2) is 242 Å². The summed E-state index contributed by atoms with van der Waals surface area (Å²) in [4.78, 5) is 2.51. The second-order valence-electron chi connectivity index (χ2n) is 18.3. The number of benzene rings is 9. The van der Waals surface area contributed by atoms with Crippen LogP contribution in [0.5, 0.6) is 5.75 Å². The van der Waals surface area contributed by atoms with Crippen LogP contribution in [0.1, 0.15) is 29.9 Å². The number of allylic oxidation sites excluding steroid dienone is 5. The second kappa shape index (κ2) is 15.5. The van der Waals surface area contributed by atoms with E-state index >= 15 is 0 Å². The summed E-state index contributed by atoms with van der Waals surface area (Å²) in [5, 5.41) is 7.48. The van der Waals surface area contributed by atoms with Gasteiger partial charge in [-0.3, -0.25) is 0 Å². The van der Waals surface area contributed by atoms with Gasteiger partial charge < -0.3 is 18.8 Å². The highest BCUT2D eigenvalue weighted by molar-refractivity contribution is 6.11. The molecular formula is C64H45N3O. The van der Waals surface area contributed by atoms with Crippen molar-refractivity contribution in [2.24, 2.45) is 0 Å².